The number of hydrogen-bond donors (Lipinski definition) is 0. The van der Waals surface area contributed by atoms with Crippen LogP contribution in [0.25, 0.3) is 0 Å². The highest BCUT2D eigenvalue weighted by atomic mass is 19.1. The van der Waals surface area contributed by atoms with Gasteiger partial charge < -0.3 is 4.90 Å². The van der Waals surface area contributed by atoms with Gasteiger partial charge in [0.15, 0.2) is 0 Å². The summed E-state index contributed by atoms with van der Waals surface area (Å²) in [7, 11) is 0. The summed E-state index contributed by atoms with van der Waals surface area (Å²) in [5.74, 6) is -0.176. The van der Waals surface area contributed by atoms with Crippen LogP contribution in [0.5, 0.6) is 0 Å². The molecule has 1 aromatic rings. The Morgan fingerprint density at radius 1 is 1.08 bits per heavy atom. The number of nitrogens with zero attached hydrogens (tertiary/aromatic N) is 2. The van der Waals surface area contributed by atoms with Crippen LogP contribution in [0.4, 0.5) is 10.1 Å². The fourth-order valence-electron chi connectivity index (χ4n) is 1.52. The van der Waals surface area contributed by atoms with E-state index in [-0.39, 0.29) is 5.82 Å². The van der Waals surface area contributed by atoms with E-state index in [0.717, 1.165) is 31.9 Å². The Balaban J connectivity index is 2.10. The molecule has 0 aromatic heterocycles. The normalized spacial score (nSPS) is 17.5. The standard InChI is InChI=1S/C10H12FN2/c11-9-1-3-10(4-2-9)13-7-5-12-6-8-13/h1-4H,5-8H2. The fourth-order valence-corrected chi connectivity index (χ4v) is 1.52. The van der Waals surface area contributed by atoms with Crippen LogP contribution in [-0.2, 0) is 0 Å². The number of hydrogen-bond acceptors (Lipinski definition) is 1. The molecule has 13 heavy (non-hydrogen) atoms. The van der Waals surface area contributed by atoms with Gasteiger partial charge in [0.1, 0.15) is 5.82 Å². The maximum Gasteiger partial charge on any atom is 0.123 e. The summed E-state index contributed by atoms with van der Waals surface area (Å²) >= 11 is 0. The van der Waals surface area contributed by atoms with Crippen molar-refractivity contribution >= 4 is 5.69 Å². The maximum atomic E-state index is 12.6. The van der Waals surface area contributed by atoms with Crippen LogP contribution in [-0.4, -0.2) is 26.2 Å². The number of anilines is 1. The molecule has 0 amide bonds. The lowest BCUT2D eigenvalue weighted by Gasteiger charge is -2.28. The molecule has 1 aliphatic heterocycles. The first-order valence-electron chi connectivity index (χ1n) is 4.50. The van der Waals surface area contributed by atoms with Crippen LogP contribution in [0.2, 0.25) is 0 Å². The second kappa shape index (κ2) is 3.75. The van der Waals surface area contributed by atoms with Gasteiger partial charge in [0.25, 0.3) is 0 Å². The first kappa shape index (κ1) is 8.51. The SMILES string of the molecule is Fc1ccc(N2CC[N]CC2)cc1. The van der Waals surface area contributed by atoms with E-state index in [1.165, 1.54) is 12.1 Å². The molecular weight excluding hydrogens is 167 g/mol. The quantitative estimate of drug-likeness (QED) is 0.634. The lowest BCUT2D eigenvalue weighted by molar-refractivity contribution is 0.578. The van der Waals surface area contributed by atoms with Crippen molar-refractivity contribution in [2.45, 2.75) is 0 Å². The average Bonchev–Trinajstić information content (AvgIpc) is 2.20. The van der Waals surface area contributed by atoms with Gasteiger partial charge in [-0.05, 0) is 24.3 Å². The van der Waals surface area contributed by atoms with E-state index >= 15 is 0 Å². The van der Waals surface area contributed by atoms with Gasteiger partial charge in [0, 0.05) is 31.9 Å². The summed E-state index contributed by atoms with van der Waals surface area (Å²) in [6.07, 6.45) is 0. The molecule has 0 saturated carbocycles. The van der Waals surface area contributed by atoms with E-state index in [0.29, 0.717) is 0 Å². The van der Waals surface area contributed by atoms with E-state index in [2.05, 4.69) is 10.2 Å². The summed E-state index contributed by atoms with van der Waals surface area (Å²) < 4.78 is 12.6. The lowest BCUT2D eigenvalue weighted by Crippen LogP contribution is -2.40. The molecule has 0 bridgehead atoms. The van der Waals surface area contributed by atoms with Crippen molar-refractivity contribution in [3.8, 4) is 0 Å². The minimum Gasteiger partial charge on any atom is -0.369 e. The van der Waals surface area contributed by atoms with Crippen molar-refractivity contribution in [1.29, 1.82) is 0 Å². The van der Waals surface area contributed by atoms with Crippen molar-refractivity contribution in [1.82, 2.24) is 5.32 Å². The highest BCUT2D eigenvalue weighted by Crippen LogP contribution is 2.14. The van der Waals surface area contributed by atoms with E-state index in [4.69, 9.17) is 0 Å². The molecule has 2 rings (SSSR count). The third-order valence-electron chi connectivity index (χ3n) is 2.25. The fraction of sp³-hybridized carbons (Fsp3) is 0.400. The number of halogens is 1. The van der Waals surface area contributed by atoms with Gasteiger partial charge in [-0.25, -0.2) is 9.71 Å². The van der Waals surface area contributed by atoms with E-state index < -0.39 is 0 Å². The van der Waals surface area contributed by atoms with Gasteiger partial charge in [-0.1, -0.05) is 0 Å². The van der Waals surface area contributed by atoms with Gasteiger partial charge in [0.2, 0.25) is 0 Å². The van der Waals surface area contributed by atoms with Crippen LogP contribution in [0, 0.1) is 5.82 Å². The molecule has 0 spiro atoms. The molecular formula is C10H12FN2. The second-order valence-electron chi connectivity index (χ2n) is 3.13. The van der Waals surface area contributed by atoms with Crippen molar-refractivity contribution < 1.29 is 4.39 Å². The van der Waals surface area contributed by atoms with E-state index in [1.54, 1.807) is 0 Å². The zero-order chi connectivity index (χ0) is 9.10. The molecule has 0 aliphatic carbocycles. The van der Waals surface area contributed by atoms with E-state index in [9.17, 15) is 4.39 Å². The molecule has 1 heterocycles. The third-order valence-corrected chi connectivity index (χ3v) is 2.25. The van der Waals surface area contributed by atoms with Crippen molar-refractivity contribution in [2.75, 3.05) is 31.1 Å². The Kier molecular flexibility index (Phi) is 2.45. The molecule has 0 atom stereocenters. The molecule has 69 valence electrons. The van der Waals surface area contributed by atoms with Crippen LogP contribution < -0.4 is 10.2 Å². The summed E-state index contributed by atoms with van der Waals surface area (Å²) in [5.41, 5.74) is 1.09. The average molecular weight is 179 g/mol. The van der Waals surface area contributed by atoms with Crippen molar-refractivity contribution in [2.24, 2.45) is 0 Å². The zero-order valence-corrected chi connectivity index (χ0v) is 7.41. The molecule has 1 aliphatic rings. The van der Waals surface area contributed by atoms with Crippen molar-refractivity contribution in [3.63, 3.8) is 0 Å². The maximum absolute atomic E-state index is 12.6. The van der Waals surface area contributed by atoms with Gasteiger partial charge in [-0.15, -0.1) is 0 Å². The van der Waals surface area contributed by atoms with Gasteiger partial charge in [-0.2, -0.15) is 0 Å². The number of benzene rings is 1. The smallest absolute Gasteiger partial charge is 0.123 e. The number of rotatable bonds is 1. The lowest BCUT2D eigenvalue weighted by atomic mass is 10.2. The third kappa shape index (κ3) is 1.98. The van der Waals surface area contributed by atoms with Crippen LogP contribution in [0.15, 0.2) is 24.3 Å². The topological polar surface area (TPSA) is 17.3 Å². The summed E-state index contributed by atoms with van der Waals surface area (Å²) in [4.78, 5) is 2.23. The largest absolute Gasteiger partial charge is 0.369 e. The molecule has 3 heteroatoms. The van der Waals surface area contributed by atoms with Gasteiger partial charge in [0.05, 0.1) is 0 Å². The van der Waals surface area contributed by atoms with Crippen LogP contribution in [0.3, 0.4) is 0 Å². The number of piperazine rings is 1. The highest BCUT2D eigenvalue weighted by Gasteiger charge is 2.10. The Bertz CT molecular complexity index is 265. The molecule has 1 radical (unpaired) electrons. The molecule has 1 aromatic carbocycles. The monoisotopic (exact) mass is 179 g/mol. The second-order valence-corrected chi connectivity index (χ2v) is 3.13. The Morgan fingerprint density at radius 2 is 1.69 bits per heavy atom. The Labute approximate surface area is 77.4 Å². The Hall–Kier alpha value is -1.09. The molecule has 0 N–H and O–H groups in total. The molecule has 1 fully saturated rings. The Morgan fingerprint density at radius 3 is 2.31 bits per heavy atom. The van der Waals surface area contributed by atoms with Gasteiger partial charge >= 0.3 is 0 Å². The first-order chi connectivity index (χ1) is 6.36. The molecule has 0 unspecified atom stereocenters. The molecule has 2 nitrogen and oxygen atoms in total. The highest BCUT2D eigenvalue weighted by molar-refractivity contribution is 5.46. The summed E-state index contributed by atoms with van der Waals surface area (Å²) in [6, 6.07) is 6.64. The molecule has 1 saturated heterocycles. The first-order valence-corrected chi connectivity index (χ1v) is 4.50. The van der Waals surface area contributed by atoms with Crippen LogP contribution in [0.1, 0.15) is 0 Å². The van der Waals surface area contributed by atoms with Gasteiger partial charge in [-0.3, -0.25) is 0 Å². The predicted octanol–water partition coefficient (Wildman–Crippen LogP) is 1.25. The van der Waals surface area contributed by atoms with E-state index in [1.807, 2.05) is 12.1 Å². The minimum absolute atomic E-state index is 0.176. The van der Waals surface area contributed by atoms with Crippen molar-refractivity contribution in [3.05, 3.63) is 30.1 Å². The van der Waals surface area contributed by atoms with Crippen LogP contribution >= 0.6 is 0 Å². The predicted molar refractivity (Wildman–Crippen MR) is 50.5 cm³/mol. The summed E-state index contributed by atoms with van der Waals surface area (Å²) in [5, 5.41) is 4.25. The summed E-state index contributed by atoms with van der Waals surface area (Å²) in [6.45, 7) is 3.67. The minimum atomic E-state index is -0.176. The zero-order valence-electron chi connectivity index (χ0n) is 7.41.